The first kappa shape index (κ1) is 6.23. The lowest BCUT2D eigenvalue weighted by molar-refractivity contribution is 1.06. The number of allylic oxidation sites excluding steroid dienone is 2. The molecular weight excluding hydrogens is 112 g/mol. The van der Waals surface area contributed by atoms with Crippen LogP contribution >= 0.6 is 0 Å². The molecule has 0 amide bonds. The van der Waals surface area contributed by atoms with Gasteiger partial charge >= 0.3 is 0 Å². The first-order valence-corrected chi connectivity index (χ1v) is 2.90. The Bertz CT molecular complexity index is 189. The highest BCUT2D eigenvalue weighted by molar-refractivity contribution is 5.99. The van der Waals surface area contributed by atoms with Gasteiger partial charge in [-0.2, -0.15) is 0 Å². The smallest absolute Gasteiger partial charge is 0.0652 e. The average molecular weight is 122 g/mol. The summed E-state index contributed by atoms with van der Waals surface area (Å²) in [6, 6.07) is -0.186. The molecule has 0 radical (unpaired) electrons. The summed E-state index contributed by atoms with van der Waals surface area (Å²) in [5.74, 6) is 0. The molecule has 0 aromatic carbocycles. The first-order chi connectivity index (χ1) is 4.20. The predicted molar refractivity (Wildman–Crippen MR) is 38.6 cm³/mol. The van der Waals surface area contributed by atoms with Gasteiger partial charge in [0, 0.05) is 0 Å². The molecular formula is C7H10N2. The Balaban J connectivity index is 2.82. The SMILES string of the molecule is CC1=CC(=N)C(N)C=C1. The topological polar surface area (TPSA) is 49.9 Å². The quantitative estimate of drug-likeness (QED) is 0.491. The van der Waals surface area contributed by atoms with Crippen molar-refractivity contribution >= 4 is 5.71 Å². The van der Waals surface area contributed by atoms with Crippen LogP contribution in [0.2, 0.25) is 0 Å². The molecule has 2 nitrogen and oxygen atoms in total. The van der Waals surface area contributed by atoms with E-state index < -0.39 is 0 Å². The van der Waals surface area contributed by atoms with Gasteiger partial charge in [0.1, 0.15) is 0 Å². The summed E-state index contributed by atoms with van der Waals surface area (Å²) >= 11 is 0. The molecule has 2 heteroatoms. The molecule has 0 spiro atoms. The maximum atomic E-state index is 7.27. The molecule has 0 aromatic rings. The fraction of sp³-hybridized carbons (Fsp3) is 0.286. The fourth-order valence-corrected chi connectivity index (χ4v) is 0.749. The summed E-state index contributed by atoms with van der Waals surface area (Å²) in [6.07, 6.45) is 5.55. The van der Waals surface area contributed by atoms with Crippen LogP contribution in [-0.4, -0.2) is 11.8 Å². The maximum Gasteiger partial charge on any atom is 0.0652 e. The van der Waals surface area contributed by atoms with Gasteiger partial charge in [-0.3, -0.25) is 0 Å². The Morgan fingerprint density at radius 1 is 1.67 bits per heavy atom. The Kier molecular flexibility index (Phi) is 1.49. The molecule has 1 atom stereocenters. The van der Waals surface area contributed by atoms with Crippen molar-refractivity contribution in [3.63, 3.8) is 0 Å². The molecule has 0 saturated heterocycles. The Morgan fingerprint density at radius 3 is 2.78 bits per heavy atom. The first-order valence-electron chi connectivity index (χ1n) is 2.90. The van der Waals surface area contributed by atoms with Crippen LogP contribution in [0.5, 0.6) is 0 Å². The predicted octanol–water partition coefficient (Wildman–Crippen LogP) is 0.850. The van der Waals surface area contributed by atoms with Crippen LogP contribution in [0, 0.1) is 5.41 Å². The van der Waals surface area contributed by atoms with E-state index in [9.17, 15) is 0 Å². The highest BCUT2D eigenvalue weighted by Gasteiger charge is 2.05. The minimum atomic E-state index is -0.186. The number of hydrogen-bond donors (Lipinski definition) is 2. The number of hydrogen-bond acceptors (Lipinski definition) is 2. The van der Waals surface area contributed by atoms with Crippen LogP contribution in [0.1, 0.15) is 6.92 Å². The van der Waals surface area contributed by atoms with Crippen LogP contribution in [0.25, 0.3) is 0 Å². The highest BCUT2D eigenvalue weighted by atomic mass is 14.7. The molecule has 3 N–H and O–H groups in total. The molecule has 0 bridgehead atoms. The van der Waals surface area contributed by atoms with Gasteiger partial charge in [-0.1, -0.05) is 12.2 Å². The number of rotatable bonds is 0. The molecule has 1 unspecified atom stereocenters. The monoisotopic (exact) mass is 122 g/mol. The van der Waals surface area contributed by atoms with Crippen molar-refractivity contribution in [1.82, 2.24) is 0 Å². The van der Waals surface area contributed by atoms with Crippen molar-refractivity contribution in [3.05, 3.63) is 23.8 Å². The van der Waals surface area contributed by atoms with Crippen molar-refractivity contribution in [2.24, 2.45) is 5.73 Å². The Morgan fingerprint density at radius 2 is 2.33 bits per heavy atom. The van der Waals surface area contributed by atoms with E-state index in [2.05, 4.69) is 0 Å². The van der Waals surface area contributed by atoms with E-state index in [4.69, 9.17) is 11.1 Å². The summed E-state index contributed by atoms with van der Waals surface area (Å²) < 4.78 is 0. The molecule has 1 aliphatic carbocycles. The molecule has 1 aliphatic rings. The van der Waals surface area contributed by atoms with E-state index in [1.165, 1.54) is 0 Å². The third kappa shape index (κ3) is 1.27. The van der Waals surface area contributed by atoms with Crippen molar-refractivity contribution in [2.45, 2.75) is 13.0 Å². The molecule has 9 heavy (non-hydrogen) atoms. The van der Waals surface area contributed by atoms with E-state index in [1.54, 1.807) is 6.08 Å². The summed E-state index contributed by atoms with van der Waals surface area (Å²) in [7, 11) is 0. The van der Waals surface area contributed by atoms with Gasteiger partial charge in [-0.15, -0.1) is 0 Å². The van der Waals surface area contributed by atoms with E-state index in [0.29, 0.717) is 5.71 Å². The molecule has 0 aromatic heterocycles. The molecule has 1 rings (SSSR count). The van der Waals surface area contributed by atoms with Crippen LogP contribution in [0.4, 0.5) is 0 Å². The van der Waals surface area contributed by atoms with Crippen molar-refractivity contribution in [1.29, 1.82) is 5.41 Å². The number of nitrogens with one attached hydrogen (secondary N) is 1. The third-order valence-corrected chi connectivity index (χ3v) is 1.31. The number of nitrogens with two attached hydrogens (primary N) is 1. The Hall–Kier alpha value is -0.890. The summed E-state index contributed by atoms with van der Waals surface area (Å²) in [5, 5.41) is 7.27. The largest absolute Gasteiger partial charge is 0.319 e. The van der Waals surface area contributed by atoms with Gasteiger partial charge in [0.2, 0.25) is 0 Å². The summed E-state index contributed by atoms with van der Waals surface area (Å²) in [5.41, 5.74) is 7.08. The minimum absolute atomic E-state index is 0.186. The fourth-order valence-electron chi connectivity index (χ4n) is 0.749. The summed E-state index contributed by atoms with van der Waals surface area (Å²) in [4.78, 5) is 0. The molecule has 48 valence electrons. The van der Waals surface area contributed by atoms with E-state index in [0.717, 1.165) is 5.57 Å². The lowest BCUT2D eigenvalue weighted by Crippen LogP contribution is -2.27. The van der Waals surface area contributed by atoms with E-state index in [1.807, 2.05) is 19.1 Å². The third-order valence-electron chi connectivity index (χ3n) is 1.31. The van der Waals surface area contributed by atoms with Gasteiger partial charge in [0.25, 0.3) is 0 Å². The molecule has 0 saturated carbocycles. The lowest BCUT2D eigenvalue weighted by atomic mass is 10.0. The standard InChI is InChI=1S/C7H10N2/c1-5-2-3-6(8)7(9)4-5/h2-4,6,9H,8H2,1H3. The normalized spacial score (nSPS) is 26.2. The lowest BCUT2D eigenvalue weighted by Gasteiger charge is -2.09. The van der Waals surface area contributed by atoms with Crippen LogP contribution in [0.3, 0.4) is 0 Å². The average Bonchev–Trinajstić information content (AvgIpc) is 1.80. The van der Waals surface area contributed by atoms with Crippen LogP contribution in [0.15, 0.2) is 23.8 Å². The van der Waals surface area contributed by atoms with Gasteiger partial charge in [0.05, 0.1) is 11.8 Å². The second kappa shape index (κ2) is 2.15. The van der Waals surface area contributed by atoms with E-state index in [-0.39, 0.29) is 6.04 Å². The second-order valence-electron chi connectivity index (χ2n) is 2.23. The van der Waals surface area contributed by atoms with Crippen molar-refractivity contribution in [2.75, 3.05) is 0 Å². The zero-order valence-electron chi connectivity index (χ0n) is 5.39. The molecule has 0 fully saturated rings. The molecule has 0 aliphatic heterocycles. The van der Waals surface area contributed by atoms with Gasteiger partial charge in [-0.25, -0.2) is 0 Å². The van der Waals surface area contributed by atoms with Gasteiger partial charge in [-0.05, 0) is 18.6 Å². The van der Waals surface area contributed by atoms with E-state index >= 15 is 0 Å². The zero-order chi connectivity index (χ0) is 6.85. The van der Waals surface area contributed by atoms with Crippen molar-refractivity contribution in [3.8, 4) is 0 Å². The summed E-state index contributed by atoms with van der Waals surface area (Å²) in [6.45, 7) is 1.96. The van der Waals surface area contributed by atoms with Gasteiger partial charge < -0.3 is 11.1 Å². The Labute approximate surface area is 54.6 Å². The minimum Gasteiger partial charge on any atom is -0.319 e. The highest BCUT2D eigenvalue weighted by Crippen LogP contribution is 2.04. The van der Waals surface area contributed by atoms with Crippen molar-refractivity contribution < 1.29 is 0 Å². The zero-order valence-corrected chi connectivity index (χ0v) is 5.39. The molecule has 0 heterocycles. The van der Waals surface area contributed by atoms with Gasteiger partial charge in [0.15, 0.2) is 0 Å². The maximum absolute atomic E-state index is 7.27. The second-order valence-corrected chi connectivity index (χ2v) is 2.23. The van der Waals surface area contributed by atoms with Crippen LogP contribution in [-0.2, 0) is 0 Å². The van der Waals surface area contributed by atoms with Crippen LogP contribution < -0.4 is 5.73 Å².